The molecule has 0 saturated carbocycles. The van der Waals surface area contributed by atoms with Crippen LogP contribution in [0.1, 0.15) is 0 Å². The third kappa shape index (κ3) is 9.61. The first-order valence-corrected chi connectivity index (χ1v) is 37.6. The SMILES string of the molecule is c1ccc(-c2cccc(-n3c4ccccc4c4ccc(-c5cccc6c5c5ccccc5n6-c5ccc6c7ccccc7c7ccccc7c6c5)cc43)c2)cc1.c1ccc(-c2cccc(-n3c4ccccc4c4ccc(-c5cccc6c5c5ccccc5n6-c5ccc6sc7ccccc7c6c5)cc43)c2)cc1. The summed E-state index contributed by atoms with van der Waals surface area (Å²) < 4.78 is 12.4. The summed E-state index contributed by atoms with van der Waals surface area (Å²) in [6.07, 6.45) is 0. The van der Waals surface area contributed by atoms with Gasteiger partial charge >= 0.3 is 0 Å². The van der Waals surface area contributed by atoms with Gasteiger partial charge in [0.1, 0.15) is 0 Å². The largest absolute Gasteiger partial charge is 0.309 e. The molecule has 0 aliphatic heterocycles. The molecule has 0 fully saturated rings. The summed E-state index contributed by atoms with van der Waals surface area (Å²) in [5, 5.41) is 20.4. The molecule has 0 unspecified atom stereocenters. The zero-order valence-electron chi connectivity index (χ0n) is 58.1. The van der Waals surface area contributed by atoms with E-state index in [1.54, 1.807) is 0 Å². The van der Waals surface area contributed by atoms with Crippen molar-refractivity contribution in [1.29, 1.82) is 0 Å². The van der Waals surface area contributed by atoms with Gasteiger partial charge in [-0.1, -0.05) is 279 Å². The Kier molecular flexibility index (Phi) is 13.8. The maximum absolute atomic E-state index is 2.46. The molecule has 0 atom stereocenters. The normalized spacial score (nSPS) is 11.9. The third-order valence-electron chi connectivity index (χ3n) is 22.4. The van der Waals surface area contributed by atoms with Crippen LogP contribution in [0.2, 0.25) is 0 Å². The summed E-state index contributed by atoms with van der Waals surface area (Å²) in [7, 11) is 0. The van der Waals surface area contributed by atoms with E-state index in [1.165, 1.54) is 190 Å². The van der Waals surface area contributed by atoms with Crippen LogP contribution < -0.4 is 0 Å². The molecule has 0 saturated heterocycles. The van der Waals surface area contributed by atoms with Crippen molar-refractivity contribution in [1.82, 2.24) is 18.3 Å². The van der Waals surface area contributed by atoms with Crippen LogP contribution in [0.4, 0.5) is 0 Å². The van der Waals surface area contributed by atoms with Gasteiger partial charge < -0.3 is 18.3 Å². The first-order valence-electron chi connectivity index (χ1n) is 36.8. The molecule has 0 aliphatic carbocycles. The number of aromatic nitrogens is 4. The van der Waals surface area contributed by atoms with Gasteiger partial charge in [0.25, 0.3) is 0 Å². The van der Waals surface area contributed by atoms with E-state index in [-0.39, 0.29) is 0 Å². The van der Waals surface area contributed by atoms with Gasteiger partial charge in [0.05, 0.1) is 44.1 Å². The summed E-state index contributed by atoms with van der Waals surface area (Å²) >= 11 is 1.86. The van der Waals surface area contributed by atoms with Crippen LogP contribution in [-0.4, -0.2) is 18.3 Å². The van der Waals surface area contributed by atoms with Crippen molar-refractivity contribution in [2.45, 2.75) is 0 Å². The highest BCUT2D eigenvalue weighted by atomic mass is 32.1. The number of nitrogens with zero attached hydrogens (tertiary/aromatic N) is 4. The summed E-state index contributed by atoms with van der Waals surface area (Å²) in [5.74, 6) is 0. The van der Waals surface area contributed by atoms with E-state index >= 15 is 0 Å². The summed E-state index contributed by atoms with van der Waals surface area (Å²) in [5.41, 5.74) is 24.0. The second kappa shape index (κ2) is 24.4. The molecule has 0 bridgehead atoms. The lowest BCUT2D eigenvalue weighted by Crippen LogP contribution is -1.95. The minimum atomic E-state index is 1.15. The molecule has 0 N–H and O–H groups in total. The molecule has 107 heavy (non-hydrogen) atoms. The van der Waals surface area contributed by atoms with E-state index in [4.69, 9.17) is 0 Å². The zero-order chi connectivity index (χ0) is 70.2. The molecule has 4 nitrogen and oxygen atoms in total. The molecule has 0 spiro atoms. The fourth-order valence-corrected chi connectivity index (χ4v) is 18.8. The van der Waals surface area contributed by atoms with Crippen molar-refractivity contribution in [3.05, 3.63) is 388 Å². The van der Waals surface area contributed by atoms with Crippen molar-refractivity contribution in [2.24, 2.45) is 0 Å². The monoisotopic (exact) mass is 1380 g/mol. The number of hydrogen-bond acceptors (Lipinski definition) is 1. The third-order valence-corrected chi connectivity index (χ3v) is 23.5. The smallest absolute Gasteiger partial charge is 0.0547 e. The van der Waals surface area contributed by atoms with Gasteiger partial charge in [-0.05, 0) is 186 Å². The Morgan fingerprint density at radius 3 is 0.963 bits per heavy atom. The molecule has 5 heterocycles. The minimum Gasteiger partial charge on any atom is -0.309 e. The summed E-state index contributed by atoms with van der Waals surface area (Å²) in [4.78, 5) is 0. The highest BCUT2D eigenvalue weighted by Crippen LogP contribution is 2.46. The predicted molar refractivity (Wildman–Crippen MR) is 457 cm³/mol. The van der Waals surface area contributed by atoms with Crippen molar-refractivity contribution in [3.63, 3.8) is 0 Å². The Morgan fingerprint density at radius 2 is 0.467 bits per heavy atom. The number of rotatable bonds is 8. The van der Waals surface area contributed by atoms with Gasteiger partial charge in [-0.15, -0.1) is 11.3 Å². The maximum atomic E-state index is 2.46. The number of benzene rings is 18. The highest BCUT2D eigenvalue weighted by Gasteiger charge is 2.23. The highest BCUT2D eigenvalue weighted by molar-refractivity contribution is 7.25. The molecule has 23 rings (SSSR count). The van der Waals surface area contributed by atoms with Gasteiger partial charge in [0, 0.05) is 86.0 Å². The molecule has 5 aromatic heterocycles. The van der Waals surface area contributed by atoms with Crippen LogP contribution in [0.15, 0.2) is 388 Å². The number of thiophene rings is 1. The quantitative estimate of drug-likeness (QED) is 0.135. The first-order chi connectivity index (χ1) is 53.1. The standard InChI is InChI=1S/C54H34N2.C48H30N2S/c1-2-14-35(15-3-1)36-16-12-17-38(32-36)56-50-25-10-8-22-46(50)47-30-28-37(33-53(47)56)40-24-13-27-52-54(40)48-23-9-11-26-51(48)55(52)39-29-31-45-43-20-5-4-18-41(43)42-19-6-7-21-44(42)49(45)34-39;1-2-12-31(13-3-1)32-14-10-15-34(28-32)50-42-20-7-4-16-37(42)38-26-24-33(29-45(38)50)36-19-11-22-44-48(36)40-18-5-8-21-43(40)49(44)35-25-27-47-41(30-35)39-17-6-9-23-46(39)51-47/h1-34H;1-30H. The average Bonchev–Trinajstić information content (AvgIpc) is 0.984. The Labute approximate surface area is 620 Å². The van der Waals surface area contributed by atoms with Crippen LogP contribution in [0, 0.1) is 0 Å². The van der Waals surface area contributed by atoms with Crippen molar-refractivity contribution < 1.29 is 0 Å². The fourth-order valence-electron chi connectivity index (χ4n) is 17.7. The Balaban J connectivity index is 0.000000134. The van der Waals surface area contributed by atoms with Gasteiger partial charge in [-0.3, -0.25) is 0 Å². The molecular weight excluding hydrogens is 1310 g/mol. The molecule has 0 amide bonds. The van der Waals surface area contributed by atoms with E-state index in [0.29, 0.717) is 0 Å². The molecule has 0 aliphatic rings. The van der Waals surface area contributed by atoms with Crippen LogP contribution in [0.3, 0.4) is 0 Å². The van der Waals surface area contributed by atoms with Crippen LogP contribution in [-0.2, 0) is 0 Å². The summed E-state index contributed by atoms with van der Waals surface area (Å²) in [6, 6.07) is 142. The number of para-hydroxylation sites is 4. The topological polar surface area (TPSA) is 19.7 Å². The van der Waals surface area contributed by atoms with Crippen molar-refractivity contribution in [2.75, 3.05) is 0 Å². The van der Waals surface area contributed by atoms with Gasteiger partial charge in [-0.2, -0.15) is 0 Å². The van der Waals surface area contributed by atoms with Crippen molar-refractivity contribution >= 4 is 151 Å². The average molecular weight is 1380 g/mol. The van der Waals surface area contributed by atoms with Gasteiger partial charge in [0.2, 0.25) is 0 Å². The molecule has 5 heteroatoms. The van der Waals surface area contributed by atoms with Crippen LogP contribution >= 0.6 is 11.3 Å². The molecule has 0 radical (unpaired) electrons. The van der Waals surface area contributed by atoms with E-state index in [1.807, 2.05) is 11.3 Å². The zero-order valence-corrected chi connectivity index (χ0v) is 59.0. The Hall–Kier alpha value is -13.8. The summed E-state index contributed by atoms with van der Waals surface area (Å²) in [6.45, 7) is 0. The van der Waals surface area contributed by atoms with Gasteiger partial charge in [0.15, 0.2) is 0 Å². The second-order valence-electron chi connectivity index (χ2n) is 28.2. The van der Waals surface area contributed by atoms with Crippen LogP contribution in [0.5, 0.6) is 0 Å². The first kappa shape index (κ1) is 60.7. The predicted octanol–water partition coefficient (Wildman–Crippen LogP) is 28.3. The Morgan fingerprint density at radius 1 is 0.150 bits per heavy atom. The van der Waals surface area contributed by atoms with E-state index in [9.17, 15) is 0 Å². The second-order valence-corrected chi connectivity index (χ2v) is 29.3. The lowest BCUT2D eigenvalue weighted by molar-refractivity contribution is 1.18. The van der Waals surface area contributed by atoms with E-state index in [0.717, 1.165) is 17.1 Å². The minimum absolute atomic E-state index is 1.15. The molecular formula is C102H64N4S. The molecule has 498 valence electrons. The molecule has 18 aromatic carbocycles. The molecule has 23 aromatic rings. The van der Waals surface area contributed by atoms with Crippen LogP contribution in [0.25, 0.3) is 207 Å². The van der Waals surface area contributed by atoms with Gasteiger partial charge in [-0.25, -0.2) is 0 Å². The maximum Gasteiger partial charge on any atom is 0.0547 e. The number of hydrogen-bond donors (Lipinski definition) is 0. The number of fused-ring (bicyclic) bond motifs is 21. The fraction of sp³-hybridized carbons (Fsp3) is 0. The van der Waals surface area contributed by atoms with E-state index < -0.39 is 0 Å². The van der Waals surface area contributed by atoms with Crippen molar-refractivity contribution in [3.8, 4) is 67.3 Å². The lowest BCUT2D eigenvalue weighted by Gasteiger charge is -2.14. The van der Waals surface area contributed by atoms with E-state index in [2.05, 4.69) is 407 Å². The Bertz CT molecular complexity index is 7530. The lowest BCUT2D eigenvalue weighted by atomic mass is 9.94.